The number of anilines is 2. The Kier molecular flexibility index (Phi) is 4.97. The molecular weight excluding hydrogens is 469 g/mol. The van der Waals surface area contributed by atoms with Crippen LogP contribution in [-0.4, -0.2) is 25.8 Å². The third-order valence-corrected chi connectivity index (χ3v) is 6.82. The summed E-state index contributed by atoms with van der Waals surface area (Å²) in [4.78, 5) is 29.4. The third kappa shape index (κ3) is 3.89. The molecule has 8 nitrogen and oxygen atoms in total. The van der Waals surface area contributed by atoms with Gasteiger partial charge < -0.3 is 15.7 Å². The SMILES string of the molecule is O=C(Nc1cncc(-c2cc3c(cn2)NNC3c2nc3c(-c4ccccc4F)cccc3[nH]2)c1)C1CC1. The minimum absolute atomic E-state index is 0.0361. The summed E-state index contributed by atoms with van der Waals surface area (Å²) < 4.78 is 14.6. The van der Waals surface area contributed by atoms with Gasteiger partial charge in [0.05, 0.1) is 40.5 Å². The van der Waals surface area contributed by atoms with Crippen molar-refractivity contribution in [1.29, 1.82) is 0 Å². The van der Waals surface area contributed by atoms with Gasteiger partial charge in [-0.25, -0.2) is 14.8 Å². The number of hydrogen-bond donors (Lipinski definition) is 4. The summed E-state index contributed by atoms with van der Waals surface area (Å²) in [6, 6.07) is 16.0. The summed E-state index contributed by atoms with van der Waals surface area (Å²) in [5, 5.41) is 2.94. The number of imidazole rings is 1. The Morgan fingerprint density at radius 3 is 2.73 bits per heavy atom. The van der Waals surface area contributed by atoms with Gasteiger partial charge in [0.25, 0.3) is 0 Å². The van der Waals surface area contributed by atoms with Gasteiger partial charge in [-0.05, 0) is 37.1 Å². The van der Waals surface area contributed by atoms with Gasteiger partial charge >= 0.3 is 0 Å². The Hall–Kier alpha value is -4.63. The number of para-hydroxylation sites is 1. The molecule has 4 heterocycles. The smallest absolute Gasteiger partial charge is 0.227 e. The van der Waals surface area contributed by atoms with Gasteiger partial charge in [-0.1, -0.05) is 30.3 Å². The van der Waals surface area contributed by atoms with E-state index in [9.17, 15) is 9.18 Å². The molecule has 0 bridgehead atoms. The Balaban J connectivity index is 1.24. The Bertz CT molecular complexity index is 1680. The van der Waals surface area contributed by atoms with Crippen LogP contribution >= 0.6 is 0 Å². The average molecular weight is 492 g/mol. The molecule has 1 fully saturated rings. The van der Waals surface area contributed by atoms with Crippen LogP contribution in [0.15, 0.2) is 73.2 Å². The zero-order chi connectivity index (χ0) is 24.9. The highest BCUT2D eigenvalue weighted by molar-refractivity contribution is 5.94. The van der Waals surface area contributed by atoms with Crippen molar-refractivity contribution in [3.8, 4) is 22.4 Å². The first-order valence-electron chi connectivity index (χ1n) is 12.2. The molecule has 1 atom stereocenters. The van der Waals surface area contributed by atoms with Gasteiger partial charge in [0.15, 0.2) is 0 Å². The van der Waals surface area contributed by atoms with Crippen molar-refractivity contribution < 1.29 is 9.18 Å². The maximum Gasteiger partial charge on any atom is 0.227 e. The molecule has 1 aliphatic carbocycles. The summed E-state index contributed by atoms with van der Waals surface area (Å²) >= 11 is 0. The largest absolute Gasteiger partial charge is 0.340 e. The number of amides is 1. The third-order valence-electron chi connectivity index (χ3n) is 6.82. The van der Waals surface area contributed by atoms with Crippen molar-refractivity contribution in [2.75, 3.05) is 10.7 Å². The molecule has 2 aliphatic rings. The number of H-pyrrole nitrogens is 1. The number of aromatic nitrogens is 4. The summed E-state index contributed by atoms with van der Waals surface area (Å²) in [6.45, 7) is 0. The zero-order valence-electron chi connectivity index (χ0n) is 19.6. The van der Waals surface area contributed by atoms with Crippen LogP contribution in [0.3, 0.4) is 0 Å². The van der Waals surface area contributed by atoms with Crippen molar-refractivity contribution in [3.63, 3.8) is 0 Å². The molecule has 7 rings (SSSR count). The quantitative estimate of drug-likeness (QED) is 0.269. The van der Waals surface area contributed by atoms with Gasteiger partial charge in [0.1, 0.15) is 17.7 Å². The van der Waals surface area contributed by atoms with E-state index < -0.39 is 0 Å². The van der Waals surface area contributed by atoms with E-state index >= 15 is 0 Å². The second-order valence-corrected chi connectivity index (χ2v) is 9.39. The van der Waals surface area contributed by atoms with Gasteiger partial charge in [-0.15, -0.1) is 0 Å². The lowest BCUT2D eigenvalue weighted by Gasteiger charge is -2.10. The minimum Gasteiger partial charge on any atom is -0.340 e. The van der Waals surface area contributed by atoms with Crippen LogP contribution in [0.25, 0.3) is 33.4 Å². The number of rotatable bonds is 5. The molecular formula is C28H22FN7O. The fraction of sp³-hybridized carbons (Fsp3) is 0.143. The maximum atomic E-state index is 14.6. The minimum atomic E-state index is -0.287. The number of halogens is 1. The maximum absolute atomic E-state index is 14.6. The second kappa shape index (κ2) is 8.49. The first-order valence-corrected chi connectivity index (χ1v) is 12.2. The number of aromatic amines is 1. The number of nitrogens with one attached hydrogen (secondary N) is 4. The van der Waals surface area contributed by atoms with Crippen LogP contribution in [-0.2, 0) is 4.79 Å². The molecule has 37 heavy (non-hydrogen) atoms. The Labute approximate surface area is 211 Å². The number of carbonyl (C=O) groups is 1. The van der Waals surface area contributed by atoms with Crippen LogP contribution in [0.5, 0.6) is 0 Å². The fourth-order valence-corrected chi connectivity index (χ4v) is 4.74. The van der Waals surface area contributed by atoms with Gasteiger partial charge in [0.2, 0.25) is 5.91 Å². The van der Waals surface area contributed by atoms with E-state index in [4.69, 9.17) is 4.98 Å². The summed E-state index contributed by atoms with van der Waals surface area (Å²) in [6.07, 6.45) is 7.02. The van der Waals surface area contributed by atoms with E-state index in [0.29, 0.717) is 22.6 Å². The van der Waals surface area contributed by atoms with E-state index in [0.717, 1.165) is 46.4 Å². The van der Waals surface area contributed by atoms with Gasteiger partial charge in [0, 0.05) is 34.4 Å². The van der Waals surface area contributed by atoms with Crippen LogP contribution < -0.4 is 16.2 Å². The predicted octanol–water partition coefficient (Wildman–Crippen LogP) is 5.19. The van der Waals surface area contributed by atoms with Crippen LogP contribution in [0.2, 0.25) is 0 Å². The van der Waals surface area contributed by atoms with Crippen molar-refractivity contribution in [2.45, 2.75) is 18.9 Å². The molecule has 1 aliphatic heterocycles. The molecule has 0 saturated heterocycles. The van der Waals surface area contributed by atoms with Crippen molar-refractivity contribution in [1.82, 2.24) is 25.4 Å². The highest BCUT2D eigenvalue weighted by Gasteiger charge is 2.30. The van der Waals surface area contributed by atoms with E-state index in [2.05, 4.69) is 31.1 Å². The lowest BCUT2D eigenvalue weighted by molar-refractivity contribution is -0.117. The van der Waals surface area contributed by atoms with Gasteiger partial charge in [-0.2, -0.15) is 0 Å². The van der Waals surface area contributed by atoms with E-state index in [1.807, 2.05) is 36.4 Å². The van der Waals surface area contributed by atoms with Crippen molar-refractivity contribution >= 4 is 28.3 Å². The molecule has 2 aromatic carbocycles. The van der Waals surface area contributed by atoms with E-state index in [-0.39, 0.29) is 23.7 Å². The number of fused-ring (bicyclic) bond motifs is 2. The van der Waals surface area contributed by atoms with Gasteiger partial charge in [-0.3, -0.25) is 14.8 Å². The number of hydrogen-bond acceptors (Lipinski definition) is 6. The monoisotopic (exact) mass is 491 g/mol. The molecule has 5 aromatic rings. The first kappa shape index (κ1) is 21.6. The lowest BCUT2D eigenvalue weighted by Crippen LogP contribution is -2.20. The number of benzene rings is 2. The molecule has 9 heteroatoms. The molecule has 1 unspecified atom stereocenters. The Morgan fingerprint density at radius 2 is 1.86 bits per heavy atom. The van der Waals surface area contributed by atoms with E-state index in [1.165, 1.54) is 6.07 Å². The number of hydrazine groups is 1. The second-order valence-electron chi connectivity index (χ2n) is 9.39. The van der Waals surface area contributed by atoms with Crippen molar-refractivity contribution in [2.24, 2.45) is 5.92 Å². The standard InChI is InChI=1S/C28H22FN7O/c29-21-6-2-1-4-18(21)19-5-3-7-22-25(19)34-27(33-22)26-20-11-23(31-14-24(20)35-36-26)16-10-17(13-30-12-16)32-28(37)15-8-9-15/h1-7,10-15,26,35-36H,8-9H2,(H,32,37)(H,33,34). The average Bonchev–Trinajstić information content (AvgIpc) is 3.55. The predicted molar refractivity (Wildman–Crippen MR) is 139 cm³/mol. The highest BCUT2D eigenvalue weighted by Crippen LogP contribution is 2.37. The normalized spacial score (nSPS) is 16.4. The number of pyridine rings is 2. The summed E-state index contributed by atoms with van der Waals surface area (Å²) in [5.74, 6) is 0.563. The molecule has 1 amide bonds. The summed E-state index contributed by atoms with van der Waals surface area (Å²) in [5.41, 5.74) is 13.2. The van der Waals surface area contributed by atoms with Crippen LogP contribution in [0.1, 0.15) is 30.3 Å². The zero-order valence-corrected chi connectivity index (χ0v) is 19.6. The Morgan fingerprint density at radius 1 is 1.00 bits per heavy atom. The number of carbonyl (C=O) groups excluding carboxylic acids is 1. The molecule has 1 saturated carbocycles. The topological polar surface area (TPSA) is 108 Å². The molecule has 3 aromatic heterocycles. The van der Waals surface area contributed by atoms with Crippen molar-refractivity contribution in [3.05, 3.63) is 90.4 Å². The van der Waals surface area contributed by atoms with Crippen LogP contribution in [0.4, 0.5) is 15.8 Å². The van der Waals surface area contributed by atoms with Crippen LogP contribution in [0, 0.1) is 11.7 Å². The lowest BCUT2D eigenvalue weighted by atomic mass is 10.0. The van der Waals surface area contributed by atoms with E-state index in [1.54, 1.807) is 30.7 Å². The number of nitrogens with zero attached hydrogens (tertiary/aromatic N) is 3. The highest BCUT2D eigenvalue weighted by atomic mass is 19.1. The molecule has 0 spiro atoms. The molecule has 4 N–H and O–H groups in total. The molecule has 0 radical (unpaired) electrons. The molecule has 182 valence electrons. The fourth-order valence-electron chi connectivity index (χ4n) is 4.74. The summed E-state index contributed by atoms with van der Waals surface area (Å²) in [7, 11) is 0. The first-order chi connectivity index (χ1) is 18.1.